The normalized spacial score (nSPS) is 12.3. The van der Waals surface area contributed by atoms with Crippen LogP contribution in [0.3, 0.4) is 0 Å². The molecule has 11 rings (SSSR count). The van der Waals surface area contributed by atoms with Gasteiger partial charge >= 0.3 is 0 Å². The van der Waals surface area contributed by atoms with Crippen molar-refractivity contribution < 1.29 is 0 Å². The molecule has 0 atom stereocenters. The number of benzene rings is 8. The van der Waals surface area contributed by atoms with Crippen LogP contribution in [0.2, 0.25) is 0 Å². The lowest BCUT2D eigenvalue weighted by molar-refractivity contribution is 0.915. The fourth-order valence-corrected chi connectivity index (χ4v) is 10.4. The van der Waals surface area contributed by atoms with Gasteiger partial charge in [0, 0.05) is 68.6 Å². The number of hydrogen-bond donors (Lipinski definition) is 1. The first-order chi connectivity index (χ1) is 28.2. The molecule has 0 amide bonds. The molecule has 3 aromatic heterocycles. The third kappa shape index (κ3) is 5.67. The summed E-state index contributed by atoms with van der Waals surface area (Å²) in [5.74, 6) is 0.668. The molecule has 3 heterocycles. The highest BCUT2D eigenvalue weighted by atomic mass is 32.1. The Balaban J connectivity index is 1.06. The number of nitrogens with one attached hydrogen (secondary N) is 1. The van der Waals surface area contributed by atoms with E-state index in [-0.39, 0.29) is 5.84 Å². The smallest absolute Gasteiger partial charge is 0.163 e. The first-order valence-corrected chi connectivity index (χ1v) is 20.4. The second kappa shape index (κ2) is 13.6. The second-order valence-electron chi connectivity index (χ2n) is 14.0. The number of aliphatic imine (C=N–C) groups is 2. The van der Waals surface area contributed by atoms with Gasteiger partial charge in [-0.2, -0.15) is 5.10 Å². The Labute approximate surface area is 335 Å². The van der Waals surface area contributed by atoms with Crippen LogP contribution >= 0.6 is 22.7 Å². The summed E-state index contributed by atoms with van der Waals surface area (Å²) >= 11 is 3.44. The van der Waals surface area contributed by atoms with Gasteiger partial charge in [0.1, 0.15) is 5.69 Å². The van der Waals surface area contributed by atoms with Crippen LogP contribution in [0.15, 0.2) is 186 Å². The summed E-state index contributed by atoms with van der Waals surface area (Å²) in [6.07, 6.45) is 1.87. The largest absolute Gasteiger partial charge is 0.282 e. The summed E-state index contributed by atoms with van der Waals surface area (Å²) in [4.78, 5) is 10.2. The topological polar surface area (TPSA) is 66.4 Å². The lowest BCUT2D eigenvalue weighted by Crippen LogP contribution is -2.05. The Hall–Kier alpha value is -7.06. The molecular weight excluding hydrogens is 735 g/mol. The zero-order valence-electron chi connectivity index (χ0n) is 30.4. The molecule has 0 fully saturated rings. The highest BCUT2D eigenvalue weighted by Gasteiger charge is 2.18. The average molecular weight is 766 g/mol. The minimum absolute atomic E-state index is 0.177. The third-order valence-electron chi connectivity index (χ3n) is 10.6. The average Bonchev–Trinajstić information content (AvgIpc) is 3.97. The van der Waals surface area contributed by atoms with Crippen LogP contribution in [0.4, 0.5) is 0 Å². The monoisotopic (exact) mass is 765 g/mol. The van der Waals surface area contributed by atoms with E-state index in [0.717, 1.165) is 70.1 Å². The summed E-state index contributed by atoms with van der Waals surface area (Å²) in [7, 11) is 0. The predicted molar refractivity (Wildman–Crippen MR) is 244 cm³/mol. The molecule has 7 heteroatoms. The van der Waals surface area contributed by atoms with Crippen LogP contribution in [0.5, 0.6) is 0 Å². The molecule has 0 radical (unpaired) electrons. The Morgan fingerprint density at radius 3 is 1.93 bits per heavy atom. The molecule has 0 aliphatic rings. The van der Waals surface area contributed by atoms with Crippen molar-refractivity contribution in [1.29, 1.82) is 5.41 Å². The maximum Gasteiger partial charge on any atom is 0.163 e. The van der Waals surface area contributed by atoms with Gasteiger partial charge in [0.05, 0.1) is 11.2 Å². The van der Waals surface area contributed by atoms with Crippen LogP contribution in [0, 0.1) is 5.41 Å². The third-order valence-corrected chi connectivity index (χ3v) is 13.0. The first-order valence-electron chi connectivity index (χ1n) is 18.8. The van der Waals surface area contributed by atoms with Crippen LogP contribution in [-0.4, -0.2) is 27.7 Å². The molecule has 0 saturated heterocycles. The summed E-state index contributed by atoms with van der Waals surface area (Å²) < 4.78 is 6.59. The van der Waals surface area contributed by atoms with Crippen LogP contribution < -0.4 is 0 Å². The molecule has 0 bridgehead atoms. The molecule has 5 nitrogen and oxygen atoms in total. The number of rotatable bonds is 5. The van der Waals surface area contributed by atoms with E-state index in [4.69, 9.17) is 15.1 Å². The fourth-order valence-electron chi connectivity index (χ4n) is 7.94. The second-order valence-corrected chi connectivity index (χ2v) is 16.1. The van der Waals surface area contributed by atoms with E-state index in [2.05, 4.69) is 146 Å². The summed E-state index contributed by atoms with van der Waals surface area (Å²) in [5.41, 5.74) is 6.55. The van der Waals surface area contributed by atoms with Crippen molar-refractivity contribution in [3.8, 4) is 16.9 Å². The number of nitrogens with zero attached hydrogens (tertiary/aromatic N) is 4. The van der Waals surface area contributed by atoms with E-state index >= 15 is 0 Å². The highest BCUT2D eigenvalue weighted by molar-refractivity contribution is 7.26. The van der Waals surface area contributed by atoms with Crippen molar-refractivity contribution in [2.24, 2.45) is 9.98 Å². The Kier molecular flexibility index (Phi) is 7.94. The van der Waals surface area contributed by atoms with Gasteiger partial charge in [0.2, 0.25) is 0 Å². The molecule has 11 aromatic rings. The predicted octanol–water partition coefficient (Wildman–Crippen LogP) is 13.5. The van der Waals surface area contributed by atoms with Gasteiger partial charge in [-0.3, -0.25) is 5.41 Å². The fraction of sp³-hybridized carbons (Fsp3) is 0. The molecule has 0 spiro atoms. The summed E-state index contributed by atoms with van der Waals surface area (Å²) in [6.45, 7) is 0. The van der Waals surface area contributed by atoms with Gasteiger partial charge in [0.15, 0.2) is 11.7 Å². The molecule has 268 valence electrons. The minimum Gasteiger partial charge on any atom is -0.282 e. The first kappa shape index (κ1) is 33.3. The molecule has 0 aliphatic carbocycles. The van der Waals surface area contributed by atoms with Gasteiger partial charge in [-0.15, -0.1) is 22.7 Å². The Bertz CT molecular complexity index is 3440. The summed E-state index contributed by atoms with van der Waals surface area (Å²) in [5, 5.41) is 22.8. The summed E-state index contributed by atoms with van der Waals surface area (Å²) in [6, 6.07) is 60.8. The molecule has 0 unspecified atom stereocenters. The van der Waals surface area contributed by atoms with Gasteiger partial charge in [-0.1, -0.05) is 127 Å². The van der Waals surface area contributed by atoms with Crippen LogP contribution in [0.25, 0.3) is 79.0 Å². The lowest BCUT2D eigenvalue weighted by atomic mass is 10.0. The standard InChI is InChI=1S/C50H31N5S2/c51-49(40-23-11-21-38-36-19-6-8-25-43(36)56-47(38)40)53-50(41-24-12-22-39-37-20-7-9-26-44(37)57-48(39)41)52-30-31-13-10-15-33(29-31)46-45-35-18-5-4-14-32(35)27-28-42(45)55(54-46)34-16-2-1-3-17-34/h1-30,51H. The molecular formula is C50H31N5S2. The molecule has 8 aromatic carbocycles. The van der Waals surface area contributed by atoms with Crippen molar-refractivity contribution in [2.45, 2.75) is 0 Å². The Morgan fingerprint density at radius 2 is 1.18 bits per heavy atom. The number of thiophene rings is 2. The van der Waals surface area contributed by atoms with Crippen molar-refractivity contribution in [3.05, 3.63) is 193 Å². The van der Waals surface area contributed by atoms with E-state index in [1.165, 1.54) is 25.6 Å². The number of fused-ring (bicyclic) bond motifs is 9. The van der Waals surface area contributed by atoms with E-state index in [0.29, 0.717) is 5.84 Å². The van der Waals surface area contributed by atoms with E-state index in [1.54, 1.807) is 22.7 Å². The van der Waals surface area contributed by atoms with Crippen molar-refractivity contribution in [3.63, 3.8) is 0 Å². The van der Waals surface area contributed by atoms with Gasteiger partial charge < -0.3 is 0 Å². The molecule has 1 N–H and O–H groups in total. The van der Waals surface area contributed by atoms with Crippen molar-refractivity contribution in [2.75, 3.05) is 0 Å². The van der Waals surface area contributed by atoms with E-state index in [9.17, 15) is 5.41 Å². The maximum atomic E-state index is 9.46. The Morgan fingerprint density at radius 1 is 0.561 bits per heavy atom. The zero-order chi connectivity index (χ0) is 37.9. The van der Waals surface area contributed by atoms with E-state index in [1.807, 2.05) is 41.2 Å². The van der Waals surface area contributed by atoms with Crippen molar-refractivity contribution >= 4 is 103 Å². The van der Waals surface area contributed by atoms with Crippen molar-refractivity contribution in [1.82, 2.24) is 9.78 Å². The maximum absolute atomic E-state index is 9.46. The molecule has 0 saturated carbocycles. The number of aromatic nitrogens is 2. The molecule has 0 aliphatic heterocycles. The lowest BCUT2D eigenvalue weighted by Gasteiger charge is -2.07. The number of hydrogen-bond acceptors (Lipinski definition) is 4. The molecule has 57 heavy (non-hydrogen) atoms. The van der Waals surface area contributed by atoms with Crippen LogP contribution in [-0.2, 0) is 0 Å². The van der Waals surface area contributed by atoms with Gasteiger partial charge in [-0.05, 0) is 64.9 Å². The number of amidine groups is 2. The van der Waals surface area contributed by atoms with Crippen LogP contribution in [0.1, 0.15) is 16.7 Å². The van der Waals surface area contributed by atoms with Gasteiger partial charge in [-0.25, -0.2) is 14.7 Å². The highest BCUT2D eigenvalue weighted by Crippen LogP contribution is 2.39. The number of para-hydroxylation sites is 1. The SMILES string of the molecule is N=C(N=C(N=Cc1cccc(-c2nn(-c3ccccc3)c3ccc4ccccc4c23)c1)c1cccc2c1sc1ccccc12)c1cccc2c1sc1ccccc12. The quantitative estimate of drug-likeness (QED) is 0.138. The minimum atomic E-state index is 0.177. The zero-order valence-corrected chi connectivity index (χ0v) is 32.1. The van der Waals surface area contributed by atoms with E-state index < -0.39 is 0 Å². The van der Waals surface area contributed by atoms with Gasteiger partial charge in [0.25, 0.3) is 0 Å².